The molecule has 4 rings (SSSR count). The number of amides is 1. The summed E-state index contributed by atoms with van der Waals surface area (Å²) in [5.41, 5.74) is 0.725. The van der Waals surface area contributed by atoms with Crippen molar-refractivity contribution in [3.05, 3.63) is 30.1 Å². The number of carbonyl (C=O) groups is 1. The fraction of sp³-hybridized carbons (Fsp3) is 0.619. The Labute approximate surface area is 194 Å². The van der Waals surface area contributed by atoms with Crippen LogP contribution in [0, 0.1) is 5.41 Å². The average molecular weight is 499 g/mol. The molecule has 10 nitrogen and oxygen atoms in total. The van der Waals surface area contributed by atoms with Gasteiger partial charge in [-0.3, -0.25) is 0 Å². The normalized spacial score (nSPS) is 23.6. The van der Waals surface area contributed by atoms with Crippen LogP contribution < -0.4 is 0 Å². The molecule has 2 fully saturated rings. The minimum absolute atomic E-state index is 0.00136. The second-order valence-corrected chi connectivity index (χ2v) is 14.0. The lowest BCUT2D eigenvalue weighted by atomic mass is 9.79. The molecule has 0 radical (unpaired) electrons. The van der Waals surface area contributed by atoms with Gasteiger partial charge >= 0.3 is 6.09 Å². The van der Waals surface area contributed by atoms with Gasteiger partial charge in [-0.25, -0.2) is 34.9 Å². The van der Waals surface area contributed by atoms with Gasteiger partial charge in [-0.1, -0.05) is 20.8 Å². The second kappa shape index (κ2) is 7.95. The molecule has 12 heteroatoms. The highest BCUT2D eigenvalue weighted by atomic mass is 32.2. The smallest absolute Gasteiger partial charge is 0.407 e. The number of hydrogen-bond donors (Lipinski definition) is 1. The van der Waals surface area contributed by atoms with E-state index in [1.54, 1.807) is 18.5 Å². The van der Waals surface area contributed by atoms with Crippen LogP contribution in [-0.4, -0.2) is 83.4 Å². The van der Waals surface area contributed by atoms with Crippen molar-refractivity contribution in [2.75, 3.05) is 25.9 Å². The summed E-state index contributed by atoms with van der Waals surface area (Å²) in [7, 11) is -7.20. The Morgan fingerprint density at radius 2 is 1.79 bits per heavy atom. The van der Waals surface area contributed by atoms with E-state index in [1.165, 1.54) is 13.2 Å². The topological polar surface area (TPSA) is 130 Å². The Morgan fingerprint density at radius 1 is 1.15 bits per heavy atom. The van der Waals surface area contributed by atoms with Crippen molar-refractivity contribution in [2.45, 2.75) is 50.8 Å². The predicted molar refractivity (Wildman–Crippen MR) is 124 cm³/mol. The van der Waals surface area contributed by atoms with E-state index in [0.29, 0.717) is 31.6 Å². The van der Waals surface area contributed by atoms with Gasteiger partial charge in [0.05, 0.1) is 12.3 Å². The average Bonchev–Trinajstić information content (AvgIpc) is 3.05. The molecule has 0 saturated carbocycles. The van der Waals surface area contributed by atoms with Crippen molar-refractivity contribution in [3.8, 4) is 0 Å². The van der Waals surface area contributed by atoms with E-state index in [4.69, 9.17) is 0 Å². The van der Waals surface area contributed by atoms with Crippen LogP contribution in [0.4, 0.5) is 4.79 Å². The highest BCUT2D eigenvalue weighted by Crippen LogP contribution is 2.41. The maximum Gasteiger partial charge on any atom is 0.407 e. The molecule has 2 unspecified atom stereocenters. The maximum absolute atomic E-state index is 13.4. The minimum Gasteiger partial charge on any atom is -0.465 e. The van der Waals surface area contributed by atoms with Crippen LogP contribution in [0.15, 0.2) is 24.5 Å². The number of piperidine rings is 1. The zero-order valence-electron chi connectivity index (χ0n) is 19.2. The number of aromatic nitrogens is 2. The van der Waals surface area contributed by atoms with Crippen LogP contribution in [0.5, 0.6) is 0 Å². The number of sulfonamides is 1. The zero-order chi connectivity index (χ0) is 24.3. The quantitative estimate of drug-likeness (QED) is 0.683. The maximum atomic E-state index is 13.4. The van der Waals surface area contributed by atoms with Gasteiger partial charge in [0.25, 0.3) is 0 Å². The molecule has 2 atom stereocenters. The number of carboxylic acid groups (broad SMARTS) is 1. The van der Waals surface area contributed by atoms with Crippen LogP contribution >= 0.6 is 0 Å². The highest BCUT2D eigenvalue weighted by molar-refractivity contribution is 7.90. The van der Waals surface area contributed by atoms with Gasteiger partial charge in [-0.05, 0) is 41.9 Å². The number of rotatable bonds is 4. The van der Waals surface area contributed by atoms with E-state index >= 15 is 0 Å². The van der Waals surface area contributed by atoms with Gasteiger partial charge in [0.15, 0.2) is 5.65 Å². The Hall–Kier alpha value is -2.18. The van der Waals surface area contributed by atoms with E-state index in [9.17, 15) is 26.7 Å². The standard InChI is InChI=1S/C21H30N4O6S2/c1-21(2,3)18-17(13-24(18)20(26)27)33(30,31)23-10-7-14(8-11-23)16-12-25(32(4,28)29)19-15(16)6-5-9-22-19/h5-6,9,12,14,17-18H,7-8,10-11,13H2,1-4H3,(H,26,27). The Bertz CT molecular complexity index is 1290. The second-order valence-electron chi connectivity index (χ2n) is 10.0. The van der Waals surface area contributed by atoms with Crippen molar-refractivity contribution in [1.29, 1.82) is 0 Å². The van der Waals surface area contributed by atoms with E-state index in [0.717, 1.165) is 17.2 Å². The van der Waals surface area contributed by atoms with Gasteiger partial charge in [-0.15, -0.1) is 0 Å². The van der Waals surface area contributed by atoms with Crippen molar-refractivity contribution in [2.24, 2.45) is 5.41 Å². The van der Waals surface area contributed by atoms with Gasteiger partial charge in [0, 0.05) is 37.4 Å². The highest BCUT2D eigenvalue weighted by Gasteiger charge is 2.55. The van der Waals surface area contributed by atoms with E-state index in [-0.39, 0.29) is 12.5 Å². The monoisotopic (exact) mass is 498 g/mol. The van der Waals surface area contributed by atoms with Crippen molar-refractivity contribution >= 4 is 37.2 Å². The van der Waals surface area contributed by atoms with Crippen LogP contribution in [0.2, 0.25) is 0 Å². The first kappa shape index (κ1) is 24.0. The predicted octanol–water partition coefficient (Wildman–Crippen LogP) is 2.13. The molecule has 2 aliphatic rings. The molecule has 33 heavy (non-hydrogen) atoms. The largest absolute Gasteiger partial charge is 0.465 e. The van der Waals surface area contributed by atoms with E-state index < -0.39 is 42.8 Å². The first-order chi connectivity index (χ1) is 15.2. The number of likely N-dealkylation sites (tertiary alicyclic amines) is 1. The molecule has 1 N–H and O–H groups in total. The molecular formula is C21H30N4O6S2. The molecule has 2 aliphatic heterocycles. The van der Waals surface area contributed by atoms with Gasteiger partial charge in [0.2, 0.25) is 20.0 Å². The first-order valence-corrected chi connectivity index (χ1v) is 14.2. The SMILES string of the molecule is CC(C)(C)C1C(S(=O)(=O)N2CCC(c3cn(S(C)(=O)=O)c4ncccc34)CC2)CN1C(=O)O. The number of pyridine rings is 1. The van der Waals surface area contributed by atoms with Gasteiger partial charge < -0.3 is 10.0 Å². The summed E-state index contributed by atoms with van der Waals surface area (Å²) in [4.78, 5) is 17.0. The van der Waals surface area contributed by atoms with Crippen LogP contribution in [-0.2, 0) is 20.0 Å². The molecule has 2 aromatic heterocycles. The lowest BCUT2D eigenvalue weighted by Crippen LogP contribution is -2.70. The summed E-state index contributed by atoms with van der Waals surface area (Å²) in [5, 5.41) is 9.43. The third-order valence-corrected chi connectivity index (χ3v) is 10.0. The van der Waals surface area contributed by atoms with Crippen molar-refractivity contribution in [3.63, 3.8) is 0 Å². The molecule has 0 aliphatic carbocycles. The summed E-state index contributed by atoms with van der Waals surface area (Å²) in [6, 6.07) is 3.00. The Balaban J connectivity index is 1.55. The molecule has 1 amide bonds. The number of hydrogen-bond acceptors (Lipinski definition) is 6. The molecule has 4 heterocycles. The van der Waals surface area contributed by atoms with E-state index in [1.807, 2.05) is 26.8 Å². The molecule has 0 bridgehead atoms. The van der Waals surface area contributed by atoms with Crippen LogP contribution in [0.3, 0.4) is 0 Å². The molecule has 2 aromatic rings. The molecule has 0 spiro atoms. The van der Waals surface area contributed by atoms with Crippen LogP contribution in [0.25, 0.3) is 11.0 Å². The summed E-state index contributed by atoms with van der Waals surface area (Å²) in [6.45, 7) is 6.15. The van der Waals surface area contributed by atoms with E-state index in [2.05, 4.69) is 4.98 Å². The number of nitrogens with zero attached hydrogens (tertiary/aromatic N) is 4. The summed E-state index contributed by atoms with van der Waals surface area (Å²) in [5.74, 6) is 0.00136. The lowest BCUT2D eigenvalue weighted by Gasteiger charge is -2.53. The summed E-state index contributed by atoms with van der Waals surface area (Å²) in [6.07, 6.45) is 4.28. The molecule has 0 aromatic carbocycles. The summed E-state index contributed by atoms with van der Waals surface area (Å²) < 4.78 is 53.9. The fourth-order valence-electron chi connectivity index (χ4n) is 5.20. The third-order valence-electron chi connectivity index (χ3n) is 6.75. The van der Waals surface area contributed by atoms with Gasteiger partial charge in [0.1, 0.15) is 5.25 Å². The fourth-order valence-corrected chi connectivity index (χ4v) is 8.29. The molecule has 2 saturated heterocycles. The molecule has 182 valence electrons. The third kappa shape index (κ3) is 4.12. The Morgan fingerprint density at radius 3 is 2.33 bits per heavy atom. The van der Waals surface area contributed by atoms with Crippen molar-refractivity contribution < 1.29 is 26.7 Å². The zero-order valence-corrected chi connectivity index (χ0v) is 20.8. The summed E-state index contributed by atoms with van der Waals surface area (Å²) >= 11 is 0. The van der Waals surface area contributed by atoms with Crippen molar-refractivity contribution in [1.82, 2.24) is 18.2 Å². The minimum atomic E-state index is -3.68. The van der Waals surface area contributed by atoms with Gasteiger partial charge in [-0.2, -0.15) is 0 Å². The molecular weight excluding hydrogens is 468 g/mol. The Kier molecular flexibility index (Phi) is 5.77. The van der Waals surface area contributed by atoms with Crippen LogP contribution in [0.1, 0.15) is 45.1 Å². The first-order valence-electron chi connectivity index (χ1n) is 10.9. The lowest BCUT2D eigenvalue weighted by molar-refractivity contribution is 0.0218. The number of fused-ring (bicyclic) bond motifs is 1.